The number of phosphoric ester groups is 1. The van der Waals surface area contributed by atoms with E-state index in [1.54, 1.807) is 6.92 Å². The van der Waals surface area contributed by atoms with E-state index in [0.717, 1.165) is 7.11 Å². The quantitative estimate of drug-likeness (QED) is 0.609. The molecule has 2 N–H and O–H groups in total. The SMILES string of the molecule is CC[C@@H](O)COP(=O)(O)OC. The van der Waals surface area contributed by atoms with Crippen LogP contribution in [0.5, 0.6) is 0 Å². The first-order valence-electron chi connectivity index (χ1n) is 3.23. The van der Waals surface area contributed by atoms with Crippen molar-refractivity contribution < 1.29 is 23.6 Å². The van der Waals surface area contributed by atoms with Gasteiger partial charge in [-0.2, -0.15) is 0 Å². The minimum Gasteiger partial charge on any atom is -0.391 e. The highest BCUT2D eigenvalue weighted by molar-refractivity contribution is 7.47. The summed E-state index contributed by atoms with van der Waals surface area (Å²) in [6, 6.07) is 0. The Kier molecular flexibility index (Phi) is 4.88. The molecular formula is C5H13O5P. The Balaban J connectivity index is 3.61. The van der Waals surface area contributed by atoms with Crippen molar-refractivity contribution in [1.82, 2.24) is 0 Å². The fourth-order valence-corrected chi connectivity index (χ4v) is 0.817. The molecule has 11 heavy (non-hydrogen) atoms. The molecule has 0 aromatic carbocycles. The van der Waals surface area contributed by atoms with Crippen molar-refractivity contribution in [2.75, 3.05) is 13.7 Å². The first-order chi connectivity index (χ1) is 5.02. The summed E-state index contributed by atoms with van der Waals surface area (Å²) in [5.41, 5.74) is 0. The molecule has 0 rings (SSSR count). The average molecular weight is 184 g/mol. The molecule has 2 atom stereocenters. The van der Waals surface area contributed by atoms with Gasteiger partial charge in [0.2, 0.25) is 0 Å². The first kappa shape index (κ1) is 11.1. The molecule has 68 valence electrons. The molecule has 0 aliphatic rings. The zero-order valence-corrected chi connectivity index (χ0v) is 7.45. The van der Waals surface area contributed by atoms with Gasteiger partial charge in [-0.3, -0.25) is 9.05 Å². The summed E-state index contributed by atoms with van der Waals surface area (Å²) in [6.45, 7) is 1.56. The molecule has 0 heterocycles. The van der Waals surface area contributed by atoms with Crippen molar-refractivity contribution in [2.24, 2.45) is 0 Å². The van der Waals surface area contributed by atoms with E-state index in [-0.39, 0.29) is 6.61 Å². The van der Waals surface area contributed by atoms with E-state index in [9.17, 15) is 4.57 Å². The standard InChI is InChI=1S/C5H13O5P/c1-3-5(6)4-10-11(7,8)9-2/h5-6H,3-4H2,1-2H3,(H,7,8)/t5-/m1/s1. The van der Waals surface area contributed by atoms with Crippen molar-refractivity contribution in [3.8, 4) is 0 Å². The molecule has 0 aromatic rings. The highest BCUT2D eigenvalue weighted by Gasteiger charge is 2.19. The Labute approximate surface area is 65.6 Å². The zero-order chi connectivity index (χ0) is 8.91. The number of aliphatic hydroxyl groups excluding tert-OH is 1. The fraction of sp³-hybridized carbons (Fsp3) is 1.00. The molecular weight excluding hydrogens is 171 g/mol. The predicted molar refractivity (Wildman–Crippen MR) is 39.1 cm³/mol. The maximum Gasteiger partial charge on any atom is 0.471 e. The van der Waals surface area contributed by atoms with Gasteiger partial charge in [0, 0.05) is 7.11 Å². The number of hydrogen-bond acceptors (Lipinski definition) is 4. The lowest BCUT2D eigenvalue weighted by atomic mass is 10.3. The van der Waals surface area contributed by atoms with Crippen LogP contribution in [0, 0.1) is 0 Å². The summed E-state index contributed by atoms with van der Waals surface area (Å²) in [4.78, 5) is 8.67. The Morgan fingerprint density at radius 2 is 2.18 bits per heavy atom. The van der Waals surface area contributed by atoms with E-state index < -0.39 is 13.9 Å². The van der Waals surface area contributed by atoms with E-state index in [2.05, 4.69) is 9.05 Å². The summed E-state index contributed by atoms with van der Waals surface area (Å²) >= 11 is 0. The molecule has 0 bridgehead atoms. The second-order valence-corrected chi connectivity index (χ2v) is 3.57. The van der Waals surface area contributed by atoms with E-state index >= 15 is 0 Å². The van der Waals surface area contributed by atoms with Crippen LogP contribution < -0.4 is 0 Å². The van der Waals surface area contributed by atoms with Gasteiger partial charge in [-0.1, -0.05) is 6.92 Å². The summed E-state index contributed by atoms with van der Waals surface area (Å²) in [5, 5.41) is 8.90. The van der Waals surface area contributed by atoms with Crippen LogP contribution in [0.15, 0.2) is 0 Å². The Morgan fingerprint density at radius 1 is 1.64 bits per heavy atom. The summed E-state index contributed by atoms with van der Waals surface area (Å²) < 4.78 is 19.1. The summed E-state index contributed by atoms with van der Waals surface area (Å²) in [5.74, 6) is 0. The zero-order valence-electron chi connectivity index (χ0n) is 6.56. The number of phosphoric acid groups is 1. The molecule has 0 saturated heterocycles. The normalized spacial score (nSPS) is 19.3. The largest absolute Gasteiger partial charge is 0.471 e. The second-order valence-electron chi connectivity index (χ2n) is 2.01. The van der Waals surface area contributed by atoms with Crippen molar-refractivity contribution in [1.29, 1.82) is 0 Å². The van der Waals surface area contributed by atoms with Gasteiger partial charge in [0.15, 0.2) is 0 Å². The predicted octanol–water partition coefficient (Wildman–Crippen LogP) is 0.521. The van der Waals surface area contributed by atoms with Crippen LogP contribution in [0.4, 0.5) is 0 Å². The third-order valence-electron chi connectivity index (χ3n) is 1.13. The van der Waals surface area contributed by atoms with Crippen LogP contribution in [-0.4, -0.2) is 29.8 Å². The van der Waals surface area contributed by atoms with Crippen LogP contribution in [0.3, 0.4) is 0 Å². The van der Waals surface area contributed by atoms with Crippen LogP contribution in [0.2, 0.25) is 0 Å². The summed E-state index contributed by atoms with van der Waals surface area (Å²) in [7, 11) is -2.83. The van der Waals surface area contributed by atoms with Crippen molar-refractivity contribution in [3.63, 3.8) is 0 Å². The third-order valence-corrected chi connectivity index (χ3v) is 2.07. The monoisotopic (exact) mass is 184 g/mol. The number of aliphatic hydroxyl groups is 1. The van der Waals surface area contributed by atoms with Gasteiger partial charge in [0.05, 0.1) is 12.7 Å². The molecule has 1 unspecified atom stereocenters. The van der Waals surface area contributed by atoms with Crippen LogP contribution in [0.1, 0.15) is 13.3 Å². The maximum absolute atomic E-state index is 10.6. The fourth-order valence-electron chi connectivity index (χ4n) is 0.351. The van der Waals surface area contributed by atoms with Crippen LogP contribution >= 0.6 is 7.82 Å². The van der Waals surface area contributed by atoms with Crippen molar-refractivity contribution in [2.45, 2.75) is 19.4 Å². The Morgan fingerprint density at radius 3 is 2.55 bits per heavy atom. The maximum atomic E-state index is 10.6. The van der Waals surface area contributed by atoms with Gasteiger partial charge in [-0.05, 0) is 6.42 Å². The van der Waals surface area contributed by atoms with Gasteiger partial charge in [-0.15, -0.1) is 0 Å². The van der Waals surface area contributed by atoms with Gasteiger partial charge in [-0.25, -0.2) is 4.57 Å². The van der Waals surface area contributed by atoms with Gasteiger partial charge < -0.3 is 10.00 Å². The number of hydrogen-bond donors (Lipinski definition) is 2. The van der Waals surface area contributed by atoms with Crippen LogP contribution in [-0.2, 0) is 13.6 Å². The molecule has 6 heteroatoms. The van der Waals surface area contributed by atoms with Gasteiger partial charge in [0.25, 0.3) is 0 Å². The lowest BCUT2D eigenvalue weighted by Crippen LogP contribution is -2.12. The molecule has 0 aliphatic heterocycles. The molecule has 0 saturated carbocycles. The lowest BCUT2D eigenvalue weighted by molar-refractivity contribution is 0.0773. The molecule has 0 spiro atoms. The highest BCUT2D eigenvalue weighted by Crippen LogP contribution is 2.41. The number of rotatable bonds is 5. The molecule has 0 amide bonds. The molecule has 0 fully saturated rings. The summed E-state index contributed by atoms with van der Waals surface area (Å²) in [6.07, 6.45) is -0.241. The van der Waals surface area contributed by atoms with Gasteiger partial charge >= 0.3 is 7.82 Å². The second kappa shape index (κ2) is 4.85. The minimum absolute atomic E-state index is 0.182. The average Bonchev–Trinajstić information content (AvgIpc) is 2.00. The topological polar surface area (TPSA) is 76.0 Å². The lowest BCUT2D eigenvalue weighted by Gasteiger charge is -2.11. The first-order valence-corrected chi connectivity index (χ1v) is 4.72. The Bertz CT molecular complexity index is 148. The van der Waals surface area contributed by atoms with Crippen molar-refractivity contribution in [3.05, 3.63) is 0 Å². The van der Waals surface area contributed by atoms with Crippen LogP contribution in [0.25, 0.3) is 0 Å². The van der Waals surface area contributed by atoms with Gasteiger partial charge in [0.1, 0.15) is 0 Å². The molecule has 5 nitrogen and oxygen atoms in total. The molecule has 0 radical (unpaired) electrons. The van der Waals surface area contributed by atoms with E-state index in [1.165, 1.54) is 0 Å². The molecule has 0 aliphatic carbocycles. The Hall–Kier alpha value is 0.0700. The van der Waals surface area contributed by atoms with E-state index in [1.807, 2.05) is 0 Å². The molecule has 0 aromatic heterocycles. The van der Waals surface area contributed by atoms with E-state index in [4.69, 9.17) is 10.00 Å². The smallest absolute Gasteiger partial charge is 0.391 e. The highest BCUT2D eigenvalue weighted by atomic mass is 31.2. The van der Waals surface area contributed by atoms with E-state index in [0.29, 0.717) is 6.42 Å². The third kappa shape index (κ3) is 5.35. The minimum atomic E-state index is -3.90. The van der Waals surface area contributed by atoms with Crippen molar-refractivity contribution >= 4 is 7.82 Å².